The van der Waals surface area contributed by atoms with Crippen LogP contribution in [0.5, 0.6) is 5.75 Å². The largest absolute Gasteiger partial charge is 0.493 e. The lowest BCUT2D eigenvalue weighted by molar-refractivity contribution is 0.0984. The van der Waals surface area contributed by atoms with Crippen molar-refractivity contribution < 1.29 is 9.53 Å². The first-order chi connectivity index (χ1) is 6.69. The van der Waals surface area contributed by atoms with Crippen molar-refractivity contribution in [1.29, 1.82) is 0 Å². The third-order valence-electron chi connectivity index (χ3n) is 1.87. The molecular weight excluding hydrogens is 244 g/mol. The maximum Gasteiger partial charge on any atom is 0.166 e. The zero-order valence-electron chi connectivity index (χ0n) is 8.34. The fourth-order valence-corrected chi connectivity index (χ4v) is 1.53. The second kappa shape index (κ2) is 5.15. The van der Waals surface area contributed by atoms with E-state index in [0.717, 1.165) is 4.47 Å². The Hall–Kier alpha value is -0.830. The number of hydrogen-bond donors (Lipinski definition) is 0. The van der Waals surface area contributed by atoms with Crippen LogP contribution in [0, 0.1) is 0 Å². The van der Waals surface area contributed by atoms with E-state index in [0.29, 0.717) is 24.3 Å². The molecule has 0 amide bonds. The molecule has 0 spiro atoms. The number of Topliss-reactive ketones (excluding diaryl/α,β-unsaturated/α-hetero) is 1. The van der Waals surface area contributed by atoms with Crippen LogP contribution in [-0.4, -0.2) is 12.4 Å². The zero-order chi connectivity index (χ0) is 10.6. The van der Waals surface area contributed by atoms with Gasteiger partial charge in [-0.15, -0.1) is 0 Å². The molecule has 0 atom stereocenters. The Balaban J connectivity index is 3.07. The number of carbonyl (C=O) groups is 1. The number of carbonyl (C=O) groups excluding carboxylic acids is 1. The number of hydrogen-bond acceptors (Lipinski definition) is 2. The molecule has 0 unspecified atom stereocenters. The Morgan fingerprint density at radius 1 is 1.43 bits per heavy atom. The van der Waals surface area contributed by atoms with Crippen molar-refractivity contribution in [3.8, 4) is 5.75 Å². The Kier molecular flexibility index (Phi) is 4.14. The van der Waals surface area contributed by atoms with Crippen LogP contribution < -0.4 is 4.74 Å². The molecule has 1 aromatic carbocycles. The summed E-state index contributed by atoms with van der Waals surface area (Å²) in [6.07, 6.45) is 0.502. The van der Waals surface area contributed by atoms with Crippen molar-refractivity contribution in [2.24, 2.45) is 0 Å². The fraction of sp³-hybridized carbons (Fsp3) is 0.364. The van der Waals surface area contributed by atoms with E-state index in [1.807, 2.05) is 26.0 Å². The van der Waals surface area contributed by atoms with E-state index in [2.05, 4.69) is 15.9 Å². The molecule has 0 radical (unpaired) electrons. The second-order valence-corrected chi connectivity index (χ2v) is 3.77. The molecule has 0 bridgehead atoms. The van der Waals surface area contributed by atoms with E-state index in [1.165, 1.54) is 0 Å². The molecular formula is C11H13BrO2. The summed E-state index contributed by atoms with van der Waals surface area (Å²) >= 11 is 3.35. The first-order valence-corrected chi connectivity index (χ1v) is 5.43. The molecule has 0 aliphatic carbocycles. The molecule has 76 valence electrons. The van der Waals surface area contributed by atoms with E-state index in [1.54, 1.807) is 6.07 Å². The maximum atomic E-state index is 11.5. The third kappa shape index (κ3) is 2.58. The Labute approximate surface area is 92.4 Å². The normalized spacial score (nSPS) is 9.93. The Morgan fingerprint density at radius 2 is 2.14 bits per heavy atom. The minimum Gasteiger partial charge on any atom is -0.493 e. The number of halogens is 1. The van der Waals surface area contributed by atoms with Gasteiger partial charge in [0, 0.05) is 10.9 Å². The van der Waals surface area contributed by atoms with Crippen LogP contribution in [0.3, 0.4) is 0 Å². The van der Waals surface area contributed by atoms with Crippen LogP contribution in [0.15, 0.2) is 22.7 Å². The van der Waals surface area contributed by atoms with Gasteiger partial charge in [0.05, 0.1) is 12.2 Å². The van der Waals surface area contributed by atoms with Crippen molar-refractivity contribution in [3.63, 3.8) is 0 Å². The molecule has 0 aromatic heterocycles. The standard InChI is InChI=1S/C11H13BrO2/c1-3-10(13)9-6-5-8(12)7-11(9)14-4-2/h5-7H,3-4H2,1-2H3. The van der Waals surface area contributed by atoms with Gasteiger partial charge in [0.1, 0.15) is 5.75 Å². The summed E-state index contributed by atoms with van der Waals surface area (Å²) in [6.45, 7) is 4.32. The summed E-state index contributed by atoms with van der Waals surface area (Å²) in [5.41, 5.74) is 0.664. The number of rotatable bonds is 4. The zero-order valence-corrected chi connectivity index (χ0v) is 9.93. The highest BCUT2D eigenvalue weighted by molar-refractivity contribution is 9.10. The van der Waals surface area contributed by atoms with Crippen molar-refractivity contribution in [2.45, 2.75) is 20.3 Å². The highest BCUT2D eigenvalue weighted by Crippen LogP contribution is 2.24. The van der Waals surface area contributed by atoms with Gasteiger partial charge in [-0.2, -0.15) is 0 Å². The van der Waals surface area contributed by atoms with Gasteiger partial charge in [0.25, 0.3) is 0 Å². The van der Waals surface area contributed by atoms with E-state index in [-0.39, 0.29) is 5.78 Å². The SMILES string of the molecule is CCOc1cc(Br)ccc1C(=O)CC. The van der Waals surface area contributed by atoms with Crippen molar-refractivity contribution in [3.05, 3.63) is 28.2 Å². The second-order valence-electron chi connectivity index (χ2n) is 2.85. The molecule has 0 aliphatic heterocycles. The average Bonchev–Trinajstić information content (AvgIpc) is 2.17. The summed E-state index contributed by atoms with van der Waals surface area (Å²) in [6, 6.07) is 5.47. The van der Waals surface area contributed by atoms with Crippen molar-refractivity contribution >= 4 is 21.7 Å². The molecule has 0 heterocycles. The minimum atomic E-state index is 0.112. The van der Waals surface area contributed by atoms with Crippen LogP contribution in [0.1, 0.15) is 30.6 Å². The van der Waals surface area contributed by atoms with Crippen LogP contribution >= 0.6 is 15.9 Å². The average molecular weight is 257 g/mol. The summed E-state index contributed by atoms with van der Waals surface area (Å²) in [7, 11) is 0. The lowest BCUT2D eigenvalue weighted by Crippen LogP contribution is -2.02. The van der Waals surface area contributed by atoms with E-state index >= 15 is 0 Å². The van der Waals surface area contributed by atoms with Gasteiger partial charge < -0.3 is 4.74 Å². The Bertz CT molecular complexity index is 334. The molecule has 2 nitrogen and oxygen atoms in total. The van der Waals surface area contributed by atoms with Gasteiger partial charge in [-0.05, 0) is 25.1 Å². The smallest absolute Gasteiger partial charge is 0.166 e. The summed E-state index contributed by atoms with van der Waals surface area (Å²) in [5, 5.41) is 0. The first-order valence-electron chi connectivity index (χ1n) is 4.64. The number of ether oxygens (including phenoxy) is 1. The molecule has 0 aliphatic rings. The molecule has 1 rings (SSSR count). The molecule has 0 fully saturated rings. The predicted octanol–water partition coefficient (Wildman–Crippen LogP) is 3.44. The van der Waals surface area contributed by atoms with Gasteiger partial charge in [-0.1, -0.05) is 22.9 Å². The van der Waals surface area contributed by atoms with Gasteiger partial charge >= 0.3 is 0 Å². The topological polar surface area (TPSA) is 26.3 Å². The monoisotopic (exact) mass is 256 g/mol. The fourth-order valence-electron chi connectivity index (χ4n) is 1.19. The summed E-state index contributed by atoms with van der Waals surface area (Å²) < 4.78 is 6.31. The van der Waals surface area contributed by atoms with Gasteiger partial charge in [0.15, 0.2) is 5.78 Å². The predicted molar refractivity (Wildman–Crippen MR) is 59.9 cm³/mol. The number of benzene rings is 1. The van der Waals surface area contributed by atoms with Crippen LogP contribution in [0.25, 0.3) is 0 Å². The van der Waals surface area contributed by atoms with Crippen LogP contribution in [-0.2, 0) is 0 Å². The lowest BCUT2D eigenvalue weighted by Gasteiger charge is -2.08. The van der Waals surface area contributed by atoms with Gasteiger partial charge in [-0.25, -0.2) is 0 Å². The number of ketones is 1. The van der Waals surface area contributed by atoms with E-state index < -0.39 is 0 Å². The molecule has 0 N–H and O–H groups in total. The summed E-state index contributed by atoms with van der Waals surface area (Å²) in [4.78, 5) is 11.5. The van der Waals surface area contributed by atoms with E-state index in [9.17, 15) is 4.79 Å². The molecule has 14 heavy (non-hydrogen) atoms. The van der Waals surface area contributed by atoms with Crippen molar-refractivity contribution in [2.75, 3.05) is 6.61 Å². The van der Waals surface area contributed by atoms with Crippen LogP contribution in [0.4, 0.5) is 0 Å². The molecule has 3 heteroatoms. The molecule has 0 saturated carbocycles. The highest BCUT2D eigenvalue weighted by Gasteiger charge is 2.10. The third-order valence-corrected chi connectivity index (χ3v) is 2.36. The highest BCUT2D eigenvalue weighted by atomic mass is 79.9. The molecule has 1 aromatic rings. The quantitative estimate of drug-likeness (QED) is 0.772. The summed E-state index contributed by atoms with van der Waals surface area (Å²) in [5.74, 6) is 0.773. The maximum absolute atomic E-state index is 11.5. The van der Waals surface area contributed by atoms with E-state index in [4.69, 9.17) is 4.74 Å². The first kappa shape index (κ1) is 11.2. The minimum absolute atomic E-state index is 0.112. The van der Waals surface area contributed by atoms with Gasteiger partial charge in [-0.3, -0.25) is 4.79 Å². The lowest BCUT2D eigenvalue weighted by atomic mass is 10.1. The van der Waals surface area contributed by atoms with Crippen molar-refractivity contribution in [1.82, 2.24) is 0 Å². The van der Waals surface area contributed by atoms with Gasteiger partial charge in [0.2, 0.25) is 0 Å². The van der Waals surface area contributed by atoms with Crippen LogP contribution in [0.2, 0.25) is 0 Å². The molecule has 0 saturated heterocycles. The Morgan fingerprint density at radius 3 is 2.71 bits per heavy atom.